The molecule has 0 bridgehead atoms. The minimum absolute atomic E-state index is 0.0417. The maximum absolute atomic E-state index is 12.9. The van der Waals surface area contributed by atoms with E-state index in [4.69, 9.17) is 18.5 Å². The van der Waals surface area contributed by atoms with Gasteiger partial charge in [0.2, 0.25) is 0 Å². The average molecular weight is 1240 g/mol. The van der Waals surface area contributed by atoms with E-state index in [0.29, 0.717) is 23.9 Å². The molecule has 0 aromatic heterocycles. The zero-order valence-corrected chi connectivity index (χ0v) is 57.5. The van der Waals surface area contributed by atoms with Gasteiger partial charge in [-0.3, -0.25) is 14.2 Å². The van der Waals surface area contributed by atoms with Crippen LogP contribution in [-0.4, -0.2) is 70.0 Å². The molecular weight excluding hydrogens is 1110 g/mol. The minimum Gasteiger partial charge on any atom is -0.756 e. The molecule has 88 heavy (non-hydrogen) atoms. The van der Waals surface area contributed by atoms with Crippen LogP contribution >= 0.6 is 7.82 Å². The first-order valence-electron chi connectivity index (χ1n) is 34.8. The molecular formula is C78H128NO8P. The molecule has 0 N–H and O–H groups in total. The molecule has 0 amide bonds. The number of likely N-dealkylation sites (N-methyl/N-ethyl adjacent to an activating group) is 1. The van der Waals surface area contributed by atoms with Crippen LogP contribution in [0.3, 0.4) is 0 Å². The Kier molecular flexibility index (Phi) is 63.3. The van der Waals surface area contributed by atoms with E-state index in [0.717, 1.165) is 148 Å². The van der Waals surface area contributed by atoms with Gasteiger partial charge in [0.05, 0.1) is 27.7 Å². The zero-order valence-electron chi connectivity index (χ0n) is 56.6. The van der Waals surface area contributed by atoms with E-state index in [1.54, 1.807) is 0 Å². The molecule has 10 heteroatoms. The highest BCUT2D eigenvalue weighted by Crippen LogP contribution is 2.38. The van der Waals surface area contributed by atoms with Crippen molar-refractivity contribution in [3.05, 3.63) is 170 Å². The van der Waals surface area contributed by atoms with Crippen molar-refractivity contribution in [2.45, 2.75) is 264 Å². The number of carbonyl (C=O) groups is 2. The van der Waals surface area contributed by atoms with E-state index in [1.807, 2.05) is 21.1 Å². The van der Waals surface area contributed by atoms with Gasteiger partial charge < -0.3 is 27.9 Å². The zero-order chi connectivity index (χ0) is 64.1. The van der Waals surface area contributed by atoms with Crippen molar-refractivity contribution in [3.63, 3.8) is 0 Å². The van der Waals surface area contributed by atoms with Crippen LogP contribution in [-0.2, 0) is 32.7 Å². The second kappa shape index (κ2) is 66.8. The third-order valence-electron chi connectivity index (χ3n) is 14.2. The molecule has 0 aliphatic rings. The predicted octanol–water partition coefficient (Wildman–Crippen LogP) is 22.3. The van der Waals surface area contributed by atoms with Crippen molar-refractivity contribution in [1.29, 1.82) is 0 Å². The maximum Gasteiger partial charge on any atom is 0.306 e. The summed E-state index contributed by atoms with van der Waals surface area (Å²) in [6.45, 7) is 3.98. The Labute approximate surface area is 540 Å². The van der Waals surface area contributed by atoms with E-state index >= 15 is 0 Å². The SMILES string of the molecule is CC/C=C\C/C=C\C/C=C\C/C=C\C/C=C\C/C=C\C/C=C\C/C=C\CCCCCCCCCCCCCCCCC(=O)OC(COC(=O)CCCCCCCC/C=C\C/C=C\C/C=C\C/C=C\C/C=C\C/C=C\CC)COP(=O)([O-])OCC[N+](C)(C)C. The number of carbonyl (C=O) groups excluding carboxylic acids is 2. The number of rotatable bonds is 62. The lowest BCUT2D eigenvalue weighted by atomic mass is 10.0. The van der Waals surface area contributed by atoms with Gasteiger partial charge in [-0.25, -0.2) is 0 Å². The number of unbranched alkanes of at least 4 members (excludes halogenated alkanes) is 20. The van der Waals surface area contributed by atoms with Gasteiger partial charge in [-0.05, 0) is 128 Å². The molecule has 2 atom stereocenters. The summed E-state index contributed by atoms with van der Waals surface area (Å²) in [5, 5.41) is 0. The number of quaternary nitrogens is 1. The van der Waals surface area contributed by atoms with E-state index < -0.39 is 32.5 Å². The fourth-order valence-electron chi connectivity index (χ4n) is 8.97. The molecule has 0 fully saturated rings. The Bertz CT molecular complexity index is 2090. The summed E-state index contributed by atoms with van der Waals surface area (Å²) in [5.41, 5.74) is 0. The van der Waals surface area contributed by atoms with Gasteiger partial charge in [-0.2, -0.15) is 0 Å². The molecule has 0 aromatic rings. The highest BCUT2D eigenvalue weighted by molar-refractivity contribution is 7.45. The number of allylic oxidation sites excluding steroid dienone is 28. The molecule has 0 radical (unpaired) electrons. The van der Waals surface area contributed by atoms with E-state index in [-0.39, 0.29) is 26.1 Å². The van der Waals surface area contributed by atoms with E-state index in [9.17, 15) is 19.0 Å². The molecule has 0 saturated heterocycles. The summed E-state index contributed by atoms with van der Waals surface area (Å²) in [6, 6.07) is 0. The summed E-state index contributed by atoms with van der Waals surface area (Å²) in [4.78, 5) is 38.1. The van der Waals surface area contributed by atoms with Gasteiger partial charge in [0.15, 0.2) is 6.10 Å². The van der Waals surface area contributed by atoms with Crippen LogP contribution in [0.2, 0.25) is 0 Å². The van der Waals surface area contributed by atoms with Crippen LogP contribution in [0.5, 0.6) is 0 Å². The largest absolute Gasteiger partial charge is 0.756 e. The third kappa shape index (κ3) is 70.5. The lowest BCUT2D eigenvalue weighted by Gasteiger charge is -2.28. The first-order valence-corrected chi connectivity index (χ1v) is 36.3. The van der Waals surface area contributed by atoms with Crippen molar-refractivity contribution in [1.82, 2.24) is 0 Å². The number of hydrogen-bond donors (Lipinski definition) is 0. The highest BCUT2D eigenvalue weighted by Gasteiger charge is 2.22. The molecule has 0 aliphatic carbocycles. The molecule has 0 aliphatic heterocycles. The number of esters is 2. The second-order valence-corrected chi connectivity index (χ2v) is 25.2. The fraction of sp³-hybridized carbons (Fsp3) is 0.615. The highest BCUT2D eigenvalue weighted by atomic mass is 31.2. The third-order valence-corrected chi connectivity index (χ3v) is 15.2. The number of ether oxygens (including phenoxy) is 2. The lowest BCUT2D eigenvalue weighted by Crippen LogP contribution is -2.37. The normalized spacial score (nSPS) is 14.2. The lowest BCUT2D eigenvalue weighted by molar-refractivity contribution is -0.870. The van der Waals surface area contributed by atoms with Gasteiger partial charge >= 0.3 is 11.9 Å². The van der Waals surface area contributed by atoms with Crippen LogP contribution in [0, 0.1) is 0 Å². The standard InChI is InChI=1S/C78H128NO8P/c1-6-8-10-12-14-16-18-20-22-24-26-28-30-32-33-34-35-36-37-38-39-40-41-42-43-44-45-47-49-51-53-55-57-59-61-63-65-67-69-71-78(81)87-76(75-86-88(82,83)85-73-72-79(3,4)5)74-84-77(80)70-68-66-64-62-60-58-56-54-52-50-48-46-31-29-27-25-23-21-19-17-15-13-11-9-7-2/h8-11,14-17,20-23,26-29,32-33,35-36,38-39,41-42,46,48,52,54,76H,6-7,12-13,18-19,24-25,30-31,34,37,40,43-45,47,49-51,53,55-75H2,1-5H3/b10-8-,11-9-,16-14-,17-15-,22-20-,23-21-,28-26-,29-27-,33-32-,36-35-,39-38-,42-41-,48-46-,54-52-. The molecule has 2 unspecified atom stereocenters. The number of phosphoric acid groups is 1. The van der Waals surface area contributed by atoms with Crippen molar-refractivity contribution < 1.29 is 42.1 Å². The maximum atomic E-state index is 12.9. The van der Waals surface area contributed by atoms with Crippen molar-refractivity contribution >= 4 is 19.8 Å². The van der Waals surface area contributed by atoms with Crippen LogP contribution in [0.4, 0.5) is 0 Å². The monoisotopic (exact) mass is 1240 g/mol. The number of phosphoric ester groups is 1. The average Bonchev–Trinajstić information content (AvgIpc) is 3.68. The Balaban J connectivity index is 4.11. The van der Waals surface area contributed by atoms with Gasteiger partial charge in [0.25, 0.3) is 7.82 Å². The Hall–Kier alpha value is -4.63. The molecule has 0 saturated carbocycles. The quantitative estimate of drug-likeness (QED) is 0.0195. The van der Waals surface area contributed by atoms with Crippen LogP contribution in [0.25, 0.3) is 0 Å². The molecule has 0 heterocycles. The van der Waals surface area contributed by atoms with Gasteiger partial charge in [-0.1, -0.05) is 287 Å². The summed E-state index contributed by atoms with van der Waals surface area (Å²) in [6.07, 6.45) is 101. The second-order valence-electron chi connectivity index (χ2n) is 23.8. The predicted molar refractivity (Wildman–Crippen MR) is 378 cm³/mol. The number of nitrogens with zero attached hydrogens (tertiary/aromatic N) is 1. The summed E-state index contributed by atoms with van der Waals surface area (Å²) >= 11 is 0. The first kappa shape index (κ1) is 83.4. The van der Waals surface area contributed by atoms with Crippen LogP contribution in [0.1, 0.15) is 258 Å². The molecule has 498 valence electrons. The molecule has 0 spiro atoms. The van der Waals surface area contributed by atoms with Crippen molar-refractivity contribution in [2.24, 2.45) is 0 Å². The Morgan fingerprint density at radius 2 is 0.614 bits per heavy atom. The Morgan fingerprint density at radius 1 is 0.352 bits per heavy atom. The Morgan fingerprint density at radius 3 is 0.909 bits per heavy atom. The van der Waals surface area contributed by atoms with E-state index in [2.05, 4.69) is 184 Å². The van der Waals surface area contributed by atoms with Crippen LogP contribution in [0.15, 0.2) is 170 Å². The van der Waals surface area contributed by atoms with Crippen LogP contribution < -0.4 is 4.89 Å². The van der Waals surface area contributed by atoms with E-state index in [1.165, 1.54) is 70.6 Å². The smallest absolute Gasteiger partial charge is 0.306 e. The van der Waals surface area contributed by atoms with Crippen molar-refractivity contribution in [2.75, 3.05) is 47.5 Å². The summed E-state index contributed by atoms with van der Waals surface area (Å²) in [5.74, 6) is -0.858. The number of hydrogen-bond acceptors (Lipinski definition) is 8. The van der Waals surface area contributed by atoms with Crippen molar-refractivity contribution in [3.8, 4) is 0 Å². The van der Waals surface area contributed by atoms with Gasteiger partial charge in [0.1, 0.15) is 19.8 Å². The molecule has 0 rings (SSSR count). The van der Waals surface area contributed by atoms with Gasteiger partial charge in [0, 0.05) is 12.8 Å². The summed E-state index contributed by atoms with van der Waals surface area (Å²) < 4.78 is 34.3. The summed E-state index contributed by atoms with van der Waals surface area (Å²) in [7, 11) is 1.14. The minimum atomic E-state index is -4.66. The molecule has 0 aromatic carbocycles. The molecule has 9 nitrogen and oxygen atoms in total. The van der Waals surface area contributed by atoms with Gasteiger partial charge in [-0.15, -0.1) is 0 Å². The fourth-order valence-corrected chi connectivity index (χ4v) is 9.70. The first-order chi connectivity index (χ1) is 43.0. The topological polar surface area (TPSA) is 111 Å².